The van der Waals surface area contributed by atoms with Gasteiger partial charge in [-0.15, -0.1) is 0 Å². The van der Waals surface area contributed by atoms with Crippen molar-refractivity contribution in [2.24, 2.45) is 0 Å². The predicted octanol–water partition coefficient (Wildman–Crippen LogP) is 3.61. The van der Waals surface area contributed by atoms with E-state index in [1.165, 1.54) is 38.2 Å². The zero-order chi connectivity index (χ0) is 17.6. The van der Waals surface area contributed by atoms with Crippen LogP contribution in [-0.4, -0.2) is 22.9 Å². The fourth-order valence-electron chi connectivity index (χ4n) is 3.36. The standard InChI is InChI=1S/C20H25N3O2/c1-15(24)22-18-8-5-9-19-17(18)11-13-23(19)14-20(25)21-12-10-16-6-3-2-4-7-16/h5-6,8-9,11,13H,2-4,7,10,12,14H2,1H3,(H,21,25)(H,22,24). The molecule has 1 aliphatic rings. The van der Waals surface area contributed by atoms with Crippen LogP contribution in [0.1, 0.15) is 39.0 Å². The summed E-state index contributed by atoms with van der Waals surface area (Å²) in [5, 5.41) is 6.78. The average Bonchev–Trinajstić information content (AvgIpc) is 2.99. The first-order chi connectivity index (χ1) is 12.1. The molecule has 0 fully saturated rings. The minimum absolute atomic E-state index is 0.0128. The van der Waals surface area contributed by atoms with E-state index in [0.717, 1.165) is 23.0 Å². The number of carbonyl (C=O) groups is 2. The Kier molecular flexibility index (Phi) is 5.53. The number of carbonyl (C=O) groups excluding carboxylic acids is 2. The molecular formula is C20H25N3O2. The van der Waals surface area contributed by atoms with Crippen molar-refractivity contribution >= 4 is 28.4 Å². The molecule has 0 atom stereocenters. The summed E-state index contributed by atoms with van der Waals surface area (Å²) in [5.41, 5.74) is 3.18. The Morgan fingerprint density at radius 2 is 2.08 bits per heavy atom. The van der Waals surface area contributed by atoms with E-state index in [2.05, 4.69) is 16.7 Å². The zero-order valence-electron chi connectivity index (χ0n) is 14.7. The van der Waals surface area contributed by atoms with Crippen LogP contribution in [0.2, 0.25) is 0 Å². The molecule has 2 aromatic rings. The van der Waals surface area contributed by atoms with E-state index in [1.54, 1.807) is 0 Å². The van der Waals surface area contributed by atoms with E-state index in [9.17, 15) is 9.59 Å². The summed E-state index contributed by atoms with van der Waals surface area (Å²) in [6, 6.07) is 7.64. The molecule has 1 aromatic heterocycles. The van der Waals surface area contributed by atoms with Crippen LogP contribution in [0.25, 0.3) is 10.9 Å². The number of amides is 2. The molecule has 25 heavy (non-hydrogen) atoms. The van der Waals surface area contributed by atoms with E-state index in [4.69, 9.17) is 0 Å². The number of allylic oxidation sites excluding steroid dienone is 1. The fraction of sp³-hybridized carbons (Fsp3) is 0.400. The highest BCUT2D eigenvalue weighted by Gasteiger charge is 2.10. The average molecular weight is 339 g/mol. The molecule has 132 valence electrons. The van der Waals surface area contributed by atoms with Gasteiger partial charge in [0, 0.05) is 25.1 Å². The molecule has 1 heterocycles. The summed E-state index contributed by atoms with van der Waals surface area (Å²) in [4.78, 5) is 23.5. The van der Waals surface area contributed by atoms with Crippen LogP contribution >= 0.6 is 0 Å². The van der Waals surface area contributed by atoms with E-state index in [1.807, 2.05) is 35.0 Å². The monoisotopic (exact) mass is 339 g/mol. The van der Waals surface area contributed by atoms with Gasteiger partial charge in [0.2, 0.25) is 11.8 Å². The maximum Gasteiger partial charge on any atom is 0.239 e. The van der Waals surface area contributed by atoms with E-state index < -0.39 is 0 Å². The molecule has 0 unspecified atom stereocenters. The molecule has 0 aliphatic heterocycles. The molecule has 0 saturated carbocycles. The lowest BCUT2D eigenvalue weighted by atomic mass is 9.97. The number of aromatic nitrogens is 1. The third-order valence-electron chi connectivity index (χ3n) is 4.59. The Labute approximate surface area is 148 Å². The minimum Gasteiger partial charge on any atom is -0.354 e. The molecule has 2 N–H and O–H groups in total. The maximum absolute atomic E-state index is 12.2. The van der Waals surface area contributed by atoms with Crippen LogP contribution in [0.3, 0.4) is 0 Å². The number of rotatable bonds is 6. The number of fused-ring (bicyclic) bond motifs is 1. The second-order valence-electron chi connectivity index (χ2n) is 6.57. The number of benzene rings is 1. The number of nitrogens with one attached hydrogen (secondary N) is 2. The molecule has 0 radical (unpaired) electrons. The van der Waals surface area contributed by atoms with Crippen LogP contribution in [0.4, 0.5) is 5.69 Å². The highest BCUT2D eigenvalue weighted by molar-refractivity contribution is 6.01. The molecule has 3 rings (SSSR count). The summed E-state index contributed by atoms with van der Waals surface area (Å²) in [5.74, 6) is -0.0890. The molecule has 5 nitrogen and oxygen atoms in total. The van der Waals surface area contributed by atoms with Gasteiger partial charge < -0.3 is 15.2 Å². The van der Waals surface area contributed by atoms with Crippen LogP contribution < -0.4 is 10.6 Å². The van der Waals surface area contributed by atoms with Crippen LogP contribution in [0, 0.1) is 0 Å². The first-order valence-electron chi connectivity index (χ1n) is 8.93. The van der Waals surface area contributed by atoms with Crippen LogP contribution in [0.15, 0.2) is 42.1 Å². The second-order valence-corrected chi connectivity index (χ2v) is 6.57. The normalized spacial score (nSPS) is 14.2. The van der Waals surface area contributed by atoms with Crippen LogP contribution in [0.5, 0.6) is 0 Å². The number of hydrogen-bond acceptors (Lipinski definition) is 2. The Morgan fingerprint density at radius 1 is 1.20 bits per heavy atom. The van der Waals surface area contributed by atoms with Gasteiger partial charge in [-0.1, -0.05) is 17.7 Å². The maximum atomic E-state index is 12.2. The molecular weight excluding hydrogens is 314 g/mol. The lowest BCUT2D eigenvalue weighted by molar-refractivity contribution is -0.121. The number of anilines is 1. The third kappa shape index (κ3) is 4.50. The number of nitrogens with zero attached hydrogens (tertiary/aromatic N) is 1. The van der Waals surface area contributed by atoms with Crippen molar-refractivity contribution in [1.29, 1.82) is 0 Å². The first-order valence-corrected chi connectivity index (χ1v) is 8.93. The smallest absolute Gasteiger partial charge is 0.239 e. The van der Waals surface area contributed by atoms with Gasteiger partial charge in [0.25, 0.3) is 0 Å². The Morgan fingerprint density at radius 3 is 2.84 bits per heavy atom. The molecule has 0 saturated heterocycles. The van der Waals surface area contributed by atoms with Gasteiger partial charge in [-0.25, -0.2) is 0 Å². The molecule has 5 heteroatoms. The second kappa shape index (κ2) is 8.01. The van der Waals surface area contributed by atoms with Gasteiger partial charge in [0.15, 0.2) is 0 Å². The van der Waals surface area contributed by atoms with E-state index in [0.29, 0.717) is 6.54 Å². The quantitative estimate of drug-likeness (QED) is 0.790. The summed E-state index contributed by atoms with van der Waals surface area (Å²) in [6.45, 7) is 2.47. The first kappa shape index (κ1) is 17.3. The van der Waals surface area contributed by atoms with Gasteiger partial charge in [0.05, 0.1) is 11.2 Å². The van der Waals surface area contributed by atoms with Crippen molar-refractivity contribution in [3.05, 3.63) is 42.1 Å². The summed E-state index contributed by atoms with van der Waals surface area (Å²) in [7, 11) is 0. The Balaban J connectivity index is 1.59. The third-order valence-corrected chi connectivity index (χ3v) is 4.59. The van der Waals surface area contributed by atoms with Crippen molar-refractivity contribution in [2.75, 3.05) is 11.9 Å². The van der Waals surface area contributed by atoms with Crippen molar-refractivity contribution in [3.8, 4) is 0 Å². The lowest BCUT2D eigenvalue weighted by Gasteiger charge is -2.13. The van der Waals surface area contributed by atoms with Crippen LogP contribution in [-0.2, 0) is 16.1 Å². The molecule has 2 amide bonds. The van der Waals surface area contributed by atoms with E-state index >= 15 is 0 Å². The lowest BCUT2D eigenvalue weighted by Crippen LogP contribution is -2.28. The van der Waals surface area contributed by atoms with Gasteiger partial charge in [0.1, 0.15) is 6.54 Å². The van der Waals surface area contributed by atoms with Gasteiger partial charge >= 0.3 is 0 Å². The molecule has 0 spiro atoms. The van der Waals surface area contributed by atoms with Gasteiger partial charge in [-0.05, 0) is 50.3 Å². The molecule has 1 aromatic carbocycles. The minimum atomic E-state index is -0.102. The topological polar surface area (TPSA) is 63.1 Å². The van der Waals surface area contributed by atoms with Gasteiger partial charge in [-0.3, -0.25) is 9.59 Å². The van der Waals surface area contributed by atoms with Crippen molar-refractivity contribution < 1.29 is 9.59 Å². The molecule has 0 bridgehead atoms. The Bertz CT molecular complexity index is 804. The summed E-state index contributed by atoms with van der Waals surface area (Å²) >= 11 is 0. The highest BCUT2D eigenvalue weighted by atomic mass is 16.2. The highest BCUT2D eigenvalue weighted by Crippen LogP contribution is 2.24. The summed E-state index contributed by atoms with van der Waals surface area (Å²) in [6.07, 6.45) is 10.1. The van der Waals surface area contributed by atoms with Crippen molar-refractivity contribution in [2.45, 2.75) is 45.6 Å². The Hall–Kier alpha value is -2.56. The van der Waals surface area contributed by atoms with Crippen molar-refractivity contribution in [1.82, 2.24) is 9.88 Å². The van der Waals surface area contributed by atoms with E-state index in [-0.39, 0.29) is 18.4 Å². The zero-order valence-corrected chi connectivity index (χ0v) is 14.7. The van der Waals surface area contributed by atoms with Crippen molar-refractivity contribution in [3.63, 3.8) is 0 Å². The largest absolute Gasteiger partial charge is 0.354 e. The van der Waals surface area contributed by atoms with Gasteiger partial charge in [-0.2, -0.15) is 0 Å². The fourth-order valence-corrected chi connectivity index (χ4v) is 3.36. The summed E-state index contributed by atoms with van der Waals surface area (Å²) < 4.78 is 1.91. The number of hydrogen-bond donors (Lipinski definition) is 2. The predicted molar refractivity (Wildman–Crippen MR) is 100 cm³/mol. The molecule has 1 aliphatic carbocycles. The SMILES string of the molecule is CC(=O)Nc1cccc2c1ccn2CC(=O)NCCC1=CCCCC1.